The van der Waals surface area contributed by atoms with Crippen LogP contribution in [0.3, 0.4) is 0 Å². The molecule has 0 spiro atoms. The summed E-state index contributed by atoms with van der Waals surface area (Å²) in [5.74, 6) is -0.298. The van der Waals surface area contributed by atoms with Crippen LogP contribution in [0.4, 0.5) is 0 Å². The van der Waals surface area contributed by atoms with E-state index in [1.165, 1.54) is 38.5 Å². The van der Waals surface area contributed by atoms with Crippen molar-refractivity contribution in [1.82, 2.24) is 5.32 Å². The fourth-order valence-corrected chi connectivity index (χ4v) is 7.54. The molecule has 0 aliphatic carbocycles. The third-order valence-corrected chi connectivity index (χ3v) is 11.3. The first-order valence-corrected chi connectivity index (χ1v) is 21.9. The molecular weight excluding hydrogens is 794 g/mol. The lowest BCUT2D eigenvalue weighted by Crippen LogP contribution is -2.66. The Bertz CT molecular complexity index is 1180. The van der Waals surface area contributed by atoms with Crippen LogP contribution in [0, 0.1) is 0 Å². The van der Waals surface area contributed by atoms with Crippen LogP contribution in [-0.4, -0.2) is 193 Å². The van der Waals surface area contributed by atoms with E-state index in [2.05, 4.69) is 19.2 Å². The molecule has 60 heavy (non-hydrogen) atoms. The number of unbranched alkanes of at least 4 members (excludes halogenated alkanes) is 12. The normalized spacial score (nSPS) is 36.0. The first-order chi connectivity index (χ1) is 28.8. The first kappa shape index (κ1) is 52.9. The van der Waals surface area contributed by atoms with Crippen molar-refractivity contribution < 1.29 is 89.4 Å². The van der Waals surface area contributed by atoms with E-state index in [0.29, 0.717) is 6.42 Å². The van der Waals surface area contributed by atoms with Crippen molar-refractivity contribution in [2.45, 2.75) is 214 Å². The van der Waals surface area contributed by atoms with E-state index < -0.39 is 124 Å². The van der Waals surface area contributed by atoms with Gasteiger partial charge in [0.1, 0.15) is 73.2 Å². The molecule has 3 fully saturated rings. The Balaban J connectivity index is 1.60. The van der Waals surface area contributed by atoms with Crippen LogP contribution in [-0.2, 0) is 33.2 Å². The maximum absolute atomic E-state index is 12.9. The van der Waals surface area contributed by atoms with Crippen LogP contribution in [0.15, 0.2) is 12.2 Å². The number of carbonyl (C=O) groups excluding carboxylic acids is 1. The van der Waals surface area contributed by atoms with Gasteiger partial charge in [-0.05, 0) is 19.3 Å². The Hall–Kier alpha value is -1.47. The summed E-state index contributed by atoms with van der Waals surface area (Å²) < 4.78 is 33.8. The molecule has 1 amide bonds. The fourth-order valence-electron chi connectivity index (χ4n) is 7.54. The van der Waals surface area contributed by atoms with E-state index in [0.717, 1.165) is 44.9 Å². The number of allylic oxidation sites excluding steroid dienone is 1. The monoisotopic (exact) mass is 869 g/mol. The van der Waals surface area contributed by atoms with Gasteiger partial charge < -0.3 is 89.9 Å². The predicted octanol–water partition coefficient (Wildman–Crippen LogP) is -1.26. The fraction of sp³-hybridized carbons (Fsp3) is 0.927. The predicted molar refractivity (Wildman–Crippen MR) is 213 cm³/mol. The molecule has 0 radical (unpaired) electrons. The van der Waals surface area contributed by atoms with Crippen molar-refractivity contribution in [3.05, 3.63) is 12.2 Å². The Morgan fingerprint density at radius 3 is 1.57 bits per heavy atom. The molecule has 0 saturated carbocycles. The summed E-state index contributed by atoms with van der Waals surface area (Å²) in [6, 6.07) is -0.960. The molecule has 3 aliphatic heterocycles. The molecule has 12 N–H and O–H groups in total. The highest BCUT2D eigenvalue weighted by Crippen LogP contribution is 2.33. The quantitative estimate of drug-likeness (QED) is 0.0323. The number of hydrogen-bond donors (Lipinski definition) is 12. The zero-order chi connectivity index (χ0) is 44.2. The Labute approximate surface area is 353 Å². The summed E-state index contributed by atoms with van der Waals surface area (Å²) in [5, 5.41) is 119. The highest BCUT2D eigenvalue weighted by molar-refractivity contribution is 5.76. The van der Waals surface area contributed by atoms with Crippen LogP contribution >= 0.6 is 0 Å². The number of ether oxygens (including phenoxy) is 6. The molecular formula is C41H75NO18. The molecule has 352 valence electrons. The maximum Gasteiger partial charge on any atom is 0.220 e. The topological polar surface area (TPSA) is 307 Å². The molecule has 3 heterocycles. The minimum absolute atomic E-state index is 0.236. The molecule has 19 heteroatoms. The van der Waals surface area contributed by atoms with E-state index >= 15 is 0 Å². The van der Waals surface area contributed by atoms with Crippen LogP contribution in [0.5, 0.6) is 0 Å². The van der Waals surface area contributed by atoms with Gasteiger partial charge in [-0.3, -0.25) is 4.79 Å². The number of aliphatic hydroxyl groups excluding tert-OH is 11. The first-order valence-electron chi connectivity index (χ1n) is 21.9. The summed E-state index contributed by atoms with van der Waals surface area (Å²) >= 11 is 0. The van der Waals surface area contributed by atoms with Gasteiger partial charge in [-0.15, -0.1) is 0 Å². The van der Waals surface area contributed by atoms with Crippen molar-refractivity contribution in [3.8, 4) is 0 Å². The molecule has 0 aromatic rings. The third kappa shape index (κ3) is 16.0. The molecule has 19 nitrogen and oxygen atoms in total. The lowest BCUT2D eigenvalue weighted by atomic mass is 9.96. The number of carbonyl (C=O) groups is 1. The number of rotatable bonds is 28. The zero-order valence-corrected chi connectivity index (χ0v) is 35.2. The molecule has 3 aliphatic rings. The smallest absolute Gasteiger partial charge is 0.220 e. The molecule has 0 bridgehead atoms. The van der Waals surface area contributed by atoms with Crippen molar-refractivity contribution in [2.75, 3.05) is 26.4 Å². The van der Waals surface area contributed by atoms with Gasteiger partial charge >= 0.3 is 0 Å². The van der Waals surface area contributed by atoms with E-state index in [-0.39, 0.29) is 18.9 Å². The molecule has 17 unspecified atom stereocenters. The van der Waals surface area contributed by atoms with Gasteiger partial charge in [0.05, 0.1) is 38.6 Å². The molecule has 0 aromatic carbocycles. The zero-order valence-electron chi connectivity index (χ0n) is 35.2. The number of hydrogen-bond acceptors (Lipinski definition) is 18. The molecule has 3 saturated heterocycles. The lowest BCUT2D eigenvalue weighted by molar-refractivity contribution is -0.379. The Morgan fingerprint density at radius 1 is 0.583 bits per heavy atom. The standard InChI is InChI=1S/C41H75NO18/c1-3-5-7-9-10-11-12-13-14-15-16-18-25(46)24(42-29(47)19-17-8-6-4-2)23-55-39-35(53)32(50)37(27(21-44)57-39)60-41-36(54)33(51)38(28(22-45)58-41)59-40-34(52)31(49)30(48)26(20-43)56-40/h16,18,24-28,30-41,43-46,48-54H,3-15,17,19-23H2,1-2H3,(H,42,47)/b18-16+. The minimum Gasteiger partial charge on any atom is -0.394 e. The largest absolute Gasteiger partial charge is 0.394 e. The summed E-state index contributed by atoms with van der Waals surface area (Å²) in [4.78, 5) is 12.9. The highest BCUT2D eigenvalue weighted by atomic mass is 16.8. The Morgan fingerprint density at radius 2 is 1.03 bits per heavy atom. The second-order valence-electron chi connectivity index (χ2n) is 16.2. The summed E-state index contributed by atoms with van der Waals surface area (Å²) in [6.07, 6.45) is -8.16. The van der Waals surface area contributed by atoms with Crippen LogP contribution < -0.4 is 5.32 Å². The molecule has 0 aromatic heterocycles. The second kappa shape index (κ2) is 28.3. The maximum atomic E-state index is 12.9. The van der Waals surface area contributed by atoms with Crippen molar-refractivity contribution in [3.63, 3.8) is 0 Å². The van der Waals surface area contributed by atoms with Gasteiger partial charge in [0, 0.05) is 6.42 Å². The van der Waals surface area contributed by atoms with E-state index in [4.69, 9.17) is 28.4 Å². The van der Waals surface area contributed by atoms with Crippen LogP contribution in [0.1, 0.15) is 110 Å². The average Bonchev–Trinajstić information content (AvgIpc) is 3.24. The summed E-state index contributed by atoms with van der Waals surface area (Å²) in [5.41, 5.74) is 0. The van der Waals surface area contributed by atoms with Crippen molar-refractivity contribution in [2.24, 2.45) is 0 Å². The second-order valence-corrected chi connectivity index (χ2v) is 16.2. The number of nitrogens with one attached hydrogen (secondary N) is 1. The SMILES string of the molecule is CCCCCCCCCCC/C=C/C(O)C(COC1OC(CO)C(OC2OC(CO)C(OC3OC(CO)C(O)C(O)C3O)C(O)C2O)C(O)C1O)NC(=O)CCCCCC. The minimum atomic E-state index is -1.97. The van der Waals surface area contributed by atoms with Gasteiger partial charge in [-0.1, -0.05) is 96.6 Å². The van der Waals surface area contributed by atoms with Gasteiger partial charge in [0.2, 0.25) is 5.91 Å². The van der Waals surface area contributed by atoms with Crippen molar-refractivity contribution in [1.29, 1.82) is 0 Å². The highest BCUT2D eigenvalue weighted by Gasteiger charge is 2.53. The lowest BCUT2D eigenvalue weighted by Gasteiger charge is -2.48. The summed E-state index contributed by atoms with van der Waals surface area (Å²) in [7, 11) is 0. The Kier molecular flexibility index (Phi) is 25.0. The number of aliphatic hydroxyl groups is 11. The van der Waals surface area contributed by atoms with Gasteiger partial charge in [-0.25, -0.2) is 0 Å². The van der Waals surface area contributed by atoms with E-state index in [9.17, 15) is 61.0 Å². The van der Waals surface area contributed by atoms with Crippen LogP contribution in [0.2, 0.25) is 0 Å². The van der Waals surface area contributed by atoms with E-state index in [1.807, 2.05) is 6.08 Å². The van der Waals surface area contributed by atoms with Gasteiger partial charge in [0.15, 0.2) is 18.9 Å². The average molecular weight is 870 g/mol. The number of amides is 1. The van der Waals surface area contributed by atoms with Gasteiger partial charge in [0.25, 0.3) is 0 Å². The third-order valence-electron chi connectivity index (χ3n) is 11.3. The van der Waals surface area contributed by atoms with Crippen molar-refractivity contribution >= 4 is 5.91 Å². The van der Waals surface area contributed by atoms with E-state index in [1.54, 1.807) is 6.08 Å². The molecule has 3 rings (SSSR count). The molecule has 17 atom stereocenters. The van der Waals surface area contributed by atoms with Gasteiger partial charge in [-0.2, -0.15) is 0 Å². The summed E-state index contributed by atoms with van der Waals surface area (Å²) in [6.45, 7) is 1.49. The van der Waals surface area contributed by atoms with Crippen LogP contribution in [0.25, 0.3) is 0 Å².